The van der Waals surface area contributed by atoms with Crippen molar-refractivity contribution in [2.75, 3.05) is 6.61 Å². The van der Waals surface area contributed by atoms with Crippen molar-refractivity contribution in [2.24, 2.45) is 29.6 Å². The lowest BCUT2D eigenvalue weighted by molar-refractivity contribution is -0.206. The Balaban J connectivity index is 1.24. The van der Waals surface area contributed by atoms with Gasteiger partial charge >= 0.3 is 11.9 Å². The number of hydrogen-bond acceptors (Lipinski definition) is 6. The largest absolute Gasteiger partial charge is 0.453 e. The first kappa shape index (κ1) is 31.3. The average molecular weight is 597 g/mol. The molecule has 0 radical (unpaired) electrons. The zero-order valence-electron chi connectivity index (χ0n) is 26.7. The van der Waals surface area contributed by atoms with E-state index in [-0.39, 0.29) is 36.2 Å². The Morgan fingerprint density at radius 1 is 0.698 bits per heavy atom. The highest BCUT2D eigenvalue weighted by atomic mass is 16.6. The lowest BCUT2D eigenvalue weighted by Gasteiger charge is -2.47. The molecule has 6 rings (SSSR count). The average Bonchev–Trinajstić information content (AvgIpc) is 3.87. The third-order valence-corrected chi connectivity index (χ3v) is 12.7. The summed E-state index contributed by atoms with van der Waals surface area (Å²) in [6.07, 6.45) is 22.4. The van der Waals surface area contributed by atoms with Crippen molar-refractivity contribution in [3.8, 4) is 0 Å². The Labute approximate surface area is 259 Å². The minimum absolute atomic E-state index is 0.0319. The Morgan fingerprint density at radius 2 is 1.28 bits per heavy atom. The summed E-state index contributed by atoms with van der Waals surface area (Å²) in [5.41, 5.74) is -0.638. The van der Waals surface area contributed by atoms with Gasteiger partial charge in [0.15, 0.2) is 0 Å². The van der Waals surface area contributed by atoms with Gasteiger partial charge in [0.1, 0.15) is 11.2 Å². The van der Waals surface area contributed by atoms with Crippen LogP contribution in [0.1, 0.15) is 129 Å². The summed E-state index contributed by atoms with van der Waals surface area (Å²) < 4.78 is 26.8. The van der Waals surface area contributed by atoms with Crippen LogP contribution in [0, 0.1) is 29.6 Å². The Kier molecular flexibility index (Phi) is 9.74. The minimum Gasteiger partial charge on any atom is -0.453 e. The van der Waals surface area contributed by atoms with E-state index in [1.165, 1.54) is 44.6 Å². The molecule has 0 amide bonds. The van der Waals surface area contributed by atoms with E-state index in [0.717, 1.165) is 90.1 Å². The van der Waals surface area contributed by atoms with E-state index in [9.17, 15) is 9.59 Å². The molecule has 2 aliphatic heterocycles. The molecular formula is C37H56O6. The molecule has 6 unspecified atom stereocenters. The summed E-state index contributed by atoms with van der Waals surface area (Å²) in [5, 5.41) is 0. The summed E-state index contributed by atoms with van der Waals surface area (Å²) in [7, 11) is 0. The smallest absolute Gasteiger partial charge is 0.333 e. The monoisotopic (exact) mass is 596 g/mol. The van der Waals surface area contributed by atoms with Gasteiger partial charge in [0, 0.05) is 41.9 Å². The van der Waals surface area contributed by atoms with Crippen molar-refractivity contribution in [2.45, 2.75) is 158 Å². The fourth-order valence-corrected chi connectivity index (χ4v) is 10.8. The van der Waals surface area contributed by atoms with Crippen LogP contribution in [0.2, 0.25) is 0 Å². The second-order valence-electron chi connectivity index (χ2n) is 15.0. The number of carbonyl (C=O) groups excluding carboxylic acids is 2. The van der Waals surface area contributed by atoms with Crippen LogP contribution in [0.5, 0.6) is 0 Å². The molecule has 6 atom stereocenters. The van der Waals surface area contributed by atoms with Crippen LogP contribution in [0.25, 0.3) is 0 Å². The molecule has 4 saturated carbocycles. The lowest BCUT2D eigenvalue weighted by atomic mass is 9.70. The van der Waals surface area contributed by atoms with Crippen LogP contribution >= 0.6 is 0 Å². The van der Waals surface area contributed by atoms with Gasteiger partial charge in [-0.15, -0.1) is 0 Å². The lowest BCUT2D eigenvalue weighted by Crippen LogP contribution is -2.57. The van der Waals surface area contributed by atoms with Gasteiger partial charge in [0.2, 0.25) is 0 Å². The van der Waals surface area contributed by atoms with E-state index in [2.05, 4.69) is 13.2 Å². The van der Waals surface area contributed by atoms with Gasteiger partial charge in [-0.2, -0.15) is 0 Å². The fraction of sp³-hybridized carbons (Fsp3) is 0.838. The molecule has 43 heavy (non-hydrogen) atoms. The highest BCUT2D eigenvalue weighted by Gasteiger charge is 2.61. The van der Waals surface area contributed by atoms with Crippen LogP contribution in [-0.2, 0) is 28.5 Å². The van der Waals surface area contributed by atoms with Crippen molar-refractivity contribution in [3.63, 3.8) is 0 Å². The SMILES string of the molecule is C=CC(=O)OC(C1CCCC1)(C1CCCC1)C1CCC(C2CCC(C(OC(=O)C(=C)C)(C3CCCC3)C3CCCO3)C2)O1. The predicted octanol–water partition coefficient (Wildman–Crippen LogP) is 8.03. The molecule has 0 bridgehead atoms. The van der Waals surface area contributed by atoms with E-state index < -0.39 is 11.2 Å². The van der Waals surface area contributed by atoms with Gasteiger partial charge in [-0.1, -0.05) is 51.7 Å². The predicted molar refractivity (Wildman–Crippen MR) is 166 cm³/mol. The minimum atomic E-state index is -0.577. The first-order chi connectivity index (χ1) is 20.9. The summed E-state index contributed by atoms with van der Waals surface area (Å²) in [5.74, 6) is 1.22. The highest BCUT2D eigenvalue weighted by Crippen LogP contribution is 2.56. The first-order valence-electron chi connectivity index (χ1n) is 17.9. The molecule has 2 saturated heterocycles. The molecular weight excluding hydrogens is 540 g/mol. The van der Waals surface area contributed by atoms with Gasteiger partial charge in [0.25, 0.3) is 0 Å². The molecule has 6 fully saturated rings. The number of esters is 2. The third kappa shape index (κ3) is 5.89. The van der Waals surface area contributed by atoms with Gasteiger partial charge in [-0.25, -0.2) is 9.59 Å². The summed E-state index contributed by atoms with van der Waals surface area (Å²) in [4.78, 5) is 26.2. The number of rotatable bonds is 11. The van der Waals surface area contributed by atoms with Gasteiger partial charge in [-0.3, -0.25) is 0 Å². The Morgan fingerprint density at radius 3 is 1.79 bits per heavy atom. The van der Waals surface area contributed by atoms with Crippen molar-refractivity contribution < 1.29 is 28.5 Å². The third-order valence-electron chi connectivity index (χ3n) is 12.7. The van der Waals surface area contributed by atoms with Crippen molar-refractivity contribution >= 4 is 11.9 Å². The van der Waals surface area contributed by atoms with E-state index >= 15 is 0 Å². The molecule has 240 valence electrons. The molecule has 0 aromatic heterocycles. The maximum absolute atomic E-state index is 13.2. The number of carbonyl (C=O) groups is 2. The number of ether oxygens (including phenoxy) is 4. The zero-order chi connectivity index (χ0) is 30.0. The number of hydrogen-bond donors (Lipinski definition) is 0. The van der Waals surface area contributed by atoms with Crippen LogP contribution in [0.3, 0.4) is 0 Å². The van der Waals surface area contributed by atoms with Crippen molar-refractivity contribution in [1.29, 1.82) is 0 Å². The van der Waals surface area contributed by atoms with Crippen LogP contribution in [0.4, 0.5) is 0 Å². The molecule has 6 nitrogen and oxygen atoms in total. The maximum atomic E-state index is 13.2. The van der Waals surface area contributed by atoms with E-state index in [1.54, 1.807) is 6.92 Å². The van der Waals surface area contributed by atoms with Gasteiger partial charge < -0.3 is 18.9 Å². The molecule has 0 aromatic rings. The standard InChI is InChI=1S/C37H56O6/c1-4-34(38)42-36(27-12-5-6-13-27,28-14-7-8-15-28)33-22-21-31(41-33)26-19-20-30(24-26)37(29-16-9-10-17-29,32-18-11-23-40-32)43-35(39)25(2)3/h4,26-33H,1-2,5-24H2,3H3. The second-order valence-corrected chi connectivity index (χ2v) is 15.0. The second kappa shape index (κ2) is 13.4. The van der Waals surface area contributed by atoms with E-state index in [0.29, 0.717) is 29.2 Å². The Bertz CT molecular complexity index is 978. The summed E-state index contributed by atoms with van der Waals surface area (Å²) in [6, 6.07) is 0. The van der Waals surface area contributed by atoms with Gasteiger partial charge in [-0.05, 0) is 96.3 Å². The van der Waals surface area contributed by atoms with E-state index in [4.69, 9.17) is 18.9 Å². The van der Waals surface area contributed by atoms with E-state index in [1.807, 2.05) is 0 Å². The quantitative estimate of drug-likeness (QED) is 0.178. The van der Waals surface area contributed by atoms with Crippen molar-refractivity contribution in [3.05, 3.63) is 24.8 Å². The topological polar surface area (TPSA) is 71.1 Å². The highest BCUT2D eigenvalue weighted by molar-refractivity contribution is 5.87. The molecule has 6 heteroatoms. The van der Waals surface area contributed by atoms with Crippen LogP contribution in [-0.4, -0.2) is 48.1 Å². The fourth-order valence-electron chi connectivity index (χ4n) is 10.8. The molecule has 0 aromatic carbocycles. The maximum Gasteiger partial charge on any atom is 0.333 e. The summed E-state index contributed by atoms with van der Waals surface area (Å²) in [6.45, 7) is 10.2. The van der Waals surface area contributed by atoms with Crippen LogP contribution < -0.4 is 0 Å². The molecule has 6 aliphatic rings. The van der Waals surface area contributed by atoms with Crippen LogP contribution in [0.15, 0.2) is 24.8 Å². The molecule has 0 N–H and O–H groups in total. The van der Waals surface area contributed by atoms with Crippen molar-refractivity contribution in [1.82, 2.24) is 0 Å². The zero-order valence-corrected chi connectivity index (χ0v) is 26.7. The first-order valence-corrected chi connectivity index (χ1v) is 17.9. The molecule has 4 aliphatic carbocycles. The normalized spacial score (nSPS) is 34.0. The van der Waals surface area contributed by atoms with Gasteiger partial charge in [0.05, 0.1) is 18.3 Å². The Hall–Kier alpha value is -1.66. The molecule has 2 heterocycles. The molecule has 0 spiro atoms. The summed E-state index contributed by atoms with van der Waals surface area (Å²) >= 11 is 0.